The average Bonchev–Trinajstić information content (AvgIpc) is 3.28. The summed E-state index contributed by atoms with van der Waals surface area (Å²) in [5.74, 6) is -0.295. The second kappa shape index (κ2) is 26.9. The monoisotopic (exact) mass is 636 g/mol. The number of esters is 1. The topological polar surface area (TPSA) is 83.1 Å². The lowest BCUT2D eigenvalue weighted by molar-refractivity contribution is -0.154. The highest BCUT2D eigenvalue weighted by molar-refractivity contribution is 6.12. The van der Waals surface area contributed by atoms with Gasteiger partial charge in [0.25, 0.3) is 5.91 Å². The zero-order chi connectivity index (χ0) is 33.3. The Kier molecular flexibility index (Phi) is 25.1. The minimum Gasteiger partial charge on any atom is -0.453 e. The van der Waals surface area contributed by atoms with E-state index in [2.05, 4.69) is 12.2 Å². The van der Waals surface area contributed by atoms with E-state index in [9.17, 15) is 9.59 Å². The average molecular weight is 636 g/mol. The Balaban J connectivity index is 2.04. The maximum Gasteiger partial charge on any atom is 0.306 e. The quantitative estimate of drug-likeness (QED) is 0.0503. The molecule has 0 bridgehead atoms. The molecule has 0 aliphatic heterocycles. The molecular weight excluding hydrogens is 565 g/mol. The van der Waals surface area contributed by atoms with Crippen LogP contribution in [0.3, 0.4) is 0 Å². The van der Waals surface area contributed by atoms with Gasteiger partial charge in [0.05, 0.1) is 38.9 Å². The van der Waals surface area contributed by atoms with Crippen LogP contribution in [0.1, 0.15) is 164 Å². The predicted molar refractivity (Wildman–Crippen MR) is 186 cm³/mol. The molecule has 0 aromatic rings. The van der Waals surface area contributed by atoms with Crippen LogP contribution in [0.4, 0.5) is 0 Å². The van der Waals surface area contributed by atoms with Crippen molar-refractivity contribution in [3.63, 3.8) is 0 Å². The van der Waals surface area contributed by atoms with Gasteiger partial charge < -0.3 is 24.3 Å². The first-order valence-electron chi connectivity index (χ1n) is 18.8. The zero-order valence-corrected chi connectivity index (χ0v) is 30.1. The van der Waals surface area contributed by atoms with Gasteiger partial charge in [0.15, 0.2) is 6.10 Å². The lowest BCUT2D eigenvalue weighted by Gasteiger charge is -2.29. The molecule has 1 amide bonds. The van der Waals surface area contributed by atoms with E-state index in [4.69, 9.17) is 26.8 Å². The van der Waals surface area contributed by atoms with Gasteiger partial charge in [-0.2, -0.15) is 0 Å². The summed E-state index contributed by atoms with van der Waals surface area (Å²) in [4.78, 5) is 24.5. The Morgan fingerprint density at radius 2 is 1.29 bits per heavy atom. The highest BCUT2D eigenvalue weighted by Crippen LogP contribution is 2.39. The molecule has 1 fully saturated rings. The summed E-state index contributed by atoms with van der Waals surface area (Å²) in [6.45, 7) is 14.0. The first kappa shape index (κ1) is 41.9. The van der Waals surface area contributed by atoms with Gasteiger partial charge in [0.1, 0.15) is 0 Å². The van der Waals surface area contributed by atoms with E-state index in [0.29, 0.717) is 26.2 Å². The Morgan fingerprint density at radius 3 is 1.87 bits per heavy atom. The van der Waals surface area contributed by atoms with Crippen molar-refractivity contribution in [3.8, 4) is 0 Å². The highest BCUT2D eigenvalue weighted by Gasteiger charge is 2.42. The van der Waals surface area contributed by atoms with Crippen LogP contribution in [0.5, 0.6) is 0 Å². The number of carbonyl (C=O) groups is 2. The number of unbranched alkanes of at least 4 members (excludes halogenated alkanes) is 15. The Morgan fingerprint density at radius 1 is 0.733 bits per heavy atom. The van der Waals surface area contributed by atoms with Crippen molar-refractivity contribution in [3.05, 3.63) is 0 Å². The van der Waals surface area contributed by atoms with Gasteiger partial charge in [0, 0.05) is 25.5 Å². The molecule has 2 unspecified atom stereocenters. The second-order valence-corrected chi connectivity index (χ2v) is 13.9. The molecule has 2 radical (unpaired) electrons. The normalized spacial score (nSPS) is 20.6. The van der Waals surface area contributed by atoms with Gasteiger partial charge in [-0.25, -0.2) is 0 Å². The van der Waals surface area contributed by atoms with Gasteiger partial charge in [-0.1, -0.05) is 96.8 Å². The fourth-order valence-corrected chi connectivity index (χ4v) is 6.08. The molecule has 0 saturated heterocycles. The second-order valence-electron chi connectivity index (χ2n) is 13.9. The molecule has 0 heterocycles. The molecule has 1 rings (SSSR count). The third kappa shape index (κ3) is 21.4. The fraction of sp³-hybridized carbons (Fsp3) is 0.946. The van der Waals surface area contributed by atoms with E-state index in [-0.39, 0.29) is 48.0 Å². The van der Waals surface area contributed by atoms with Crippen LogP contribution in [0.2, 0.25) is 5.82 Å². The maximum absolute atomic E-state index is 12.4. The summed E-state index contributed by atoms with van der Waals surface area (Å²) in [6, 6.07) is 0. The molecule has 8 heteroatoms. The van der Waals surface area contributed by atoms with Crippen molar-refractivity contribution in [2.24, 2.45) is 5.92 Å². The highest BCUT2D eigenvalue weighted by atomic mass is 16.6. The number of nitrogens with one attached hydrogen (secondary N) is 1. The summed E-state index contributed by atoms with van der Waals surface area (Å²) in [5, 5.41) is 2.90. The minimum absolute atomic E-state index is 0.0422. The van der Waals surface area contributed by atoms with Crippen molar-refractivity contribution in [2.45, 2.75) is 200 Å². The lowest BCUT2D eigenvalue weighted by Crippen LogP contribution is -2.36. The van der Waals surface area contributed by atoms with Gasteiger partial charge >= 0.3 is 5.97 Å². The summed E-state index contributed by atoms with van der Waals surface area (Å²) >= 11 is 0. The van der Waals surface area contributed by atoms with Gasteiger partial charge in [-0.15, -0.1) is 0 Å². The Hall–Kier alpha value is -1.12. The number of rotatable bonds is 29. The van der Waals surface area contributed by atoms with Crippen LogP contribution in [-0.2, 0) is 28.5 Å². The maximum atomic E-state index is 12.4. The molecular formula is C37H70BNO6. The van der Waals surface area contributed by atoms with E-state index in [0.717, 1.165) is 44.9 Å². The standard InChI is InChI=1S/C37H70BNO6/c1-7-8-9-10-11-12-13-14-15-16-17-18-21-24-34(40)45-31(6)37(41)39-25-22-19-20-23-26-42-36-33(38)27-32(28-43-29(2)3)35(36)44-30(4)5/h29-33,35-36H,7-28H2,1-6H3,(H,39,41)/t31?,32-,33-,35?,36-/m1/s1. The number of ether oxygens (including phenoxy) is 4. The van der Waals surface area contributed by atoms with Crippen molar-refractivity contribution in [1.29, 1.82) is 0 Å². The first-order chi connectivity index (χ1) is 21.6. The van der Waals surface area contributed by atoms with Crippen molar-refractivity contribution in [1.82, 2.24) is 5.32 Å². The third-order valence-electron chi connectivity index (χ3n) is 8.70. The first-order valence-corrected chi connectivity index (χ1v) is 18.8. The molecule has 1 aliphatic carbocycles. The fourth-order valence-electron chi connectivity index (χ4n) is 6.08. The number of hydrogen-bond acceptors (Lipinski definition) is 6. The van der Waals surface area contributed by atoms with E-state index in [1.54, 1.807) is 6.92 Å². The summed E-state index contributed by atoms with van der Waals surface area (Å²) in [6.07, 6.45) is 21.0. The molecule has 5 atom stereocenters. The lowest BCUT2D eigenvalue weighted by atomic mass is 9.83. The molecule has 0 aromatic heterocycles. The van der Waals surface area contributed by atoms with Crippen LogP contribution in [-0.4, -0.2) is 70.0 Å². The summed E-state index contributed by atoms with van der Waals surface area (Å²) < 4.78 is 23.7. The molecule has 45 heavy (non-hydrogen) atoms. The predicted octanol–water partition coefficient (Wildman–Crippen LogP) is 8.66. The van der Waals surface area contributed by atoms with Gasteiger partial charge in [-0.3, -0.25) is 9.59 Å². The molecule has 1 N–H and O–H groups in total. The summed E-state index contributed by atoms with van der Waals surface area (Å²) in [7, 11) is 6.44. The van der Waals surface area contributed by atoms with Crippen LogP contribution in [0, 0.1) is 5.92 Å². The van der Waals surface area contributed by atoms with E-state index in [1.807, 2.05) is 27.7 Å². The summed E-state index contributed by atoms with van der Waals surface area (Å²) in [5.41, 5.74) is 0. The Bertz CT molecular complexity index is 736. The Labute approximate surface area is 278 Å². The van der Waals surface area contributed by atoms with Gasteiger partial charge in [-0.05, 0) is 66.1 Å². The number of carbonyl (C=O) groups excluding carboxylic acids is 2. The van der Waals surface area contributed by atoms with Crippen molar-refractivity contribution >= 4 is 19.7 Å². The molecule has 262 valence electrons. The molecule has 7 nitrogen and oxygen atoms in total. The van der Waals surface area contributed by atoms with Crippen LogP contribution in [0.25, 0.3) is 0 Å². The van der Waals surface area contributed by atoms with Gasteiger partial charge in [0.2, 0.25) is 0 Å². The van der Waals surface area contributed by atoms with Crippen LogP contribution in [0.15, 0.2) is 0 Å². The molecule has 0 spiro atoms. The molecule has 1 saturated carbocycles. The molecule has 0 aromatic carbocycles. The SMILES string of the molecule is [B][C@@H]1C[C@H](COC(C)C)C(OC(C)C)[C@@H]1OCCCCCCNC(=O)C(C)OC(=O)CCCCCCCCCCCCCCC. The van der Waals surface area contributed by atoms with Crippen LogP contribution >= 0.6 is 0 Å². The third-order valence-corrected chi connectivity index (χ3v) is 8.70. The largest absolute Gasteiger partial charge is 0.453 e. The zero-order valence-electron chi connectivity index (χ0n) is 30.1. The smallest absolute Gasteiger partial charge is 0.306 e. The number of hydrogen-bond donors (Lipinski definition) is 1. The van der Waals surface area contributed by atoms with E-state index >= 15 is 0 Å². The molecule has 1 aliphatic rings. The minimum atomic E-state index is -0.751. The van der Waals surface area contributed by atoms with E-state index in [1.165, 1.54) is 70.6 Å². The van der Waals surface area contributed by atoms with E-state index < -0.39 is 6.10 Å². The number of amides is 1. The van der Waals surface area contributed by atoms with Crippen molar-refractivity contribution < 1.29 is 28.5 Å². The van der Waals surface area contributed by atoms with Crippen LogP contribution < -0.4 is 5.32 Å². The van der Waals surface area contributed by atoms with Crippen molar-refractivity contribution in [2.75, 3.05) is 19.8 Å².